The van der Waals surface area contributed by atoms with Gasteiger partial charge in [0, 0.05) is 13.6 Å². The van der Waals surface area contributed by atoms with Crippen LogP contribution in [-0.2, 0) is 0 Å². The maximum absolute atomic E-state index is 9.75. The molecule has 0 aliphatic rings. The van der Waals surface area contributed by atoms with Gasteiger partial charge in [0.15, 0.2) is 0 Å². The Balaban J connectivity index is 2.96. The lowest BCUT2D eigenvalue weighted by Crippen LogP contribution is -2.36. The van der Waals surface area contributed by atoms with E-state index < -0.39 is 5.60 Å². The van der Waals surface area contributed by atoms with Gasteiger partial charge in [-0.05, 0) is 32.4 Å². The molecule has 0 saturated heterocycles. The van der Waals surface area contributed by atoms with Gasteiger partial charge in [0.1, 0.15) is 0 Å². The number of hydrogen-bond acceptors (Lipinski definition) is 3. The van der Waals surface area contributed by atoms with E-state index >= 15 is 0 Å². The van der Waals surface area contributed by atoms with Crippen LogP contribution in [0.3, 0.4) is 0 Å². The number of rotatable bonds is 3. The highest BCUT2D eigenvalue weighted by molar-refractivity contribution is 5.71. The summed E-state index contributed by atoms with van der Waals surface area (Å²) in [5.74, 6) is 0. The fraction of sp³-hybridized carbons (Fsp3) is 0.500. The molecule has 0 amide bonds. The van der Waals surface area contributed by atoms with Gasteiger partial charge in [-0.25, -0.2) is 0 Å². The third-order valence-corrected chi connectivity index (χ3v) is 2.27. The van der Waals surface area contributed by atoms with Crippen LogP contribution >= 0.6 is 0 Å². The quantitative estimate of drug-likeness (QED) is 0.744. The number of benzene rings is 1. The second-order valence-electron chi connectivity index (χ2n) is 4.68. The molecule has 84 valence electrons. The van der Waals surface area contributed by atoms with Crippen LogP contribution in [-0.4, -0.2) is 24.3 Å². The third-order valence-electron chi connectivity index (χ3n) is 2.27. The lowest BCUT2D eigenvalue weighted by atomic mass is 10.1. The maximum Gasteiger partial charge on any atom is 0.0765 e. The molecule has 1 aromatic rings. The molecule has 1 rings (SSSR count). The Hall–Kier alpha value is -1.22. The minimum absolute atomic E-state index is 0.558. The summed E-state index contributed by atoms with van der Waals surface area (Å²) in [7, 11) is 1.94. The van der Waals surface area contributed by atoms with Crippen LogP contribution in [0.1, 0.15) is 19.4 Å². The van der Waals surface area contributed by atoms with Crippen molar-refractivity contribution in [3.8, 4) is 0 Å². The van der Waals surface area contributed by atoms with Crippen LogP contribution in [0.4, 0.5) is 11.4 Å². The molecule has 3 heteroatoms. The molecule has 0 radical (unpaired) electrons. The Morgan fingerprint density at radius 3 is 2.47 bits per heavy atom. The van der Waals surface area contributed by atoms with Gasteiger partial charge in [0.05, 0.1) is 17.0 Å². The molecule has 1 aromatic carbocycles. The Kier molecular flexibility index (Phi) is 3.25. The van der Waals surface area contributed by atoms with E-state index in [0.717, 1.165) is 16.9 Å². The Morgan fingerprint density at radius 1 is 1.40 bits per heavy atom. The maximum atomic E-state index is 9.75. The van der Waals surface area contributed by atoms with Gasteiger partial charge in [-0.3, -0.25) is 0 Å². The molecule has 0 aromatic heterocycles. The summed E-state index contributed by atoms with van der Waals surface area (Å²) in [5.41, 5.74) is 8.08. The van der Waals surface area contributed by atoms with Crippen LogP contribution in [0.2, 0.25) is 0 Å². The molecular weight excluding hydrogens is 188 g/mol. The predicted molar refractivity (Wildman–Crippen MR) is 65.2 cm³/mol. The van der Waals surface area contributed by atoms with Gasteiger partial charge in [0.2, 0.25) is 0 Å². The van der Waals surface area contributed by atoms with Crippen molar-refractivity contribution in [2.75, 3.05) is 24.2 Å². The zero-order valence-corrected chi connectivity index (χ0v) is 9.91. The molecule has 0 aliphatic heterocycles. The summed E-state index contributed by atoms with van der Waals surface area (Å²) in [5, 5.41) is 9.75. The van der Waals surface area contributed by atoms with E-state index in [2.05, 4.69) is 0 Å². The molecule has 0 saturated carbocycles. The molecule has 0 aliphatic carbocycles. The van der Waals surface area contributed by atoms with Gasteiger partial charge in [0.25, 0.3) is 0 Å². The average molecular weight is 208 g/mol. The fourth-order valence-electron chi connectivity index (χ4n) is 1.86. The van der Waals surface area contributed by atoms with Gasteiger partial charge in [-0.1, -0.05) is 12.1 Å². The zero-order valence-electron chi connectivity index (χ0n) is 9.91. The van der Waals surface area contributed by atoms with E-state index in [-0.39, 0.29) is 0 Å². The number of aliphatic hydroxyl groups is 1. The van der Waals surface area contributed by atoms with Crippen LogP contribution in [0.25, 0.3) is 0 Å². The van der Waals surface area contributed by atoms with Crippen molar-refractivity contribution in [3.63, 3.8) is 0 Å². The van der Waals surface area contributed by atoms with E-state index in [0.29, 0.717) is 6.54 Å². The number of nitrogen functional groups attached to an aromatic ring is 1. The number of hydrogen-bond donors (Lipinski definition) is 2. The third kappa shape index (κ3) is 3.13. The Labute approximate surface area is 91.5 Å². The van der Waals surface area contributed by atoms with E-state index in [1.807, 2.05) is 37.1 Å². The normalized spacial score (nSPS) is 11.5. The molecular formula is C12H20N2O. The number of nitrogens with zero attached hydrogens (tertiary/aromatic N) is 1. The highest BCUT2D eigenvalue weighted by Crippen LogP contribution is 2.27. The van der Waals surface area contributed by atoms with Crippen LogP contribution in [0.15, 0.2) is 18.2 Å². The first kappa shape index (κ1) is 11.9. The van der Waals surface area contributed by atoms with Crippen molar-refractivity contribution >= 4 is 11.4 Å². The van der Waals surface area contributed by atoms with Crippen molar-refractivity contribution in [1.29, 1.82) is 0 Å². The zero-order chi connectivity index (χ0) is 11.6. The summed E-state index contributed by atoms with van der Waals surface area (Å²) < 4.78 is 0. The molecule has 15 heavy (non-hydrogen) atoms. The first-order chi connectivity index (χ1) is 6.81. The minimum atomic E-state index is -0.719. The van der Waals surface area contributed by atoms with E-state index in [9.17, 15) is 5.11 Å². The van der Waals surface area contributed by atoms with Crippen molar-refractivity contribution in [1.82, 2.24) is 0 Å². The van der Waals surface area contributed by atoms with Crippen LogP contribution in [0, 0.1) is 6.92 Å². The lowest BCUT2D eigenvalue weighted by Gasteiger charge is -2.29. The van der Waals surface area contributed by atoms with Gasteiger partial charge >= 0.3 is 0 Å². The summed E-state index contributed by atoms with van der Waals surface area (Å²) in [6, 6.07) is 5.84. The largest absolute Gasteiger partial charge is 0.397 e. The standard InChI is InChI=1S/C12H20N2O/c1-9-6-5-7-10(13)11(9)14(4)8-12(2,3)15/h5-7,15H,8,13H2,1-4H3. The highest BCUT2D eigenvalue weighted by Gasteiger charge is 2.18. The Morgan fingerprint density at radius 2 is 2.00 bits per heavy atom. The fourth-order valence-corrected chi connectivity index (χ4v) is 1.86. The second kappa shape index (κ2) is 4.11. The van der Waals surface area contributed by atoms with Crippen molar-refractivity contribution < 1.29 is 5.11 Å². The smallest absolute Gasteiger partial charge is 0.0765 e. The first-order valence-electron chi connectivity index (χ1n) is 5.10. The lowest BCUT2D eigenvalue weighted by molar-refractivity contribution is 0.0886. The number of para-hydroxylation sites is 1. The topological polar surface area (TPSA) is 49.5 Å². The Bertz CT molecular complexity index is 322. The number of likely N-dealkylation sites (N-methyl/N-ethyl adjacent to an activating group) is 1. The average Bonchev–Trinajstić information content (AvgIpc) is 1.99. The molecule has 3 nitrogen and oxygen atoms in total. The number of nitrogens with two attached hydrogens (primary N) is 1. The van der Waals surface area contributed by atoms with E-state index in [1.54, 1.807) is 13.8 Å². The molecule has 0 bridgehead atoms. The van der Waals surface area contributed by atoms with Crippen molar-refractivity contribution in [2.45, 2.75) is 26.4 Å². The summed E-state index contributed by atoms with van der Waals surface area (Å²) in [6.07, 6.45) is 0. The molecule has 0 heterocycles. The summed E-state index contributed by atoms with van der Waals surface area (Å²) >= 11 is 0. The SMILES string of the molecule is Cc1cccc(N)c1N(C)CC(C)(C)O. The molecule has 0 fully saturated rings. The van der Waals surface area contributed by atoms with Gasteiger partial charge in [-0.15, -0.1) is 0 Å². The van der Waals surface area contributed by atoms with Crippen molar-refractivity contribution in [3.05, 3.63) is 23.8 Å². The first-order valence-corrected chi connectivity index (χ1v) is 5.10. The predicted octanol–water partition coefficient (Wildman–Crippen LogP) is 1.78. The van der Waals surface area contributed by atoms with Gasteiger partial charge < -0.3 is 15.7 Å². The number of aryl methyl sites for hydroxylation is 1. The van der Waals surface area contributed by atoms with E-state index in [4.69, 9.17) is 5.73 Å². The molecule has 3 N–H and O–H groups in total. The van der Waals surface area contributed by atoms with Crippen LogP contribution in [0.5, 0.6) is 0 Å². The van der Waals surface area contributed by atoms with Crippen LogP contribution < -0.4 is 10.6 Å². The number of anilines is 2. The van der Waals surface area contributed by atoms with Gasteiger partial charge in [-0.2, -0.15) is 0 Å². The van der Waals surface area contributed by atoms with E-state index in [1.165, 1.54) is 0 Å². The molecule has 0 unspecified atom stereocenters. The summed E-state index contributed by atoms with van der Waals surface area (Å²) in [4.78, 5) is 1.99. The second-order valence-corrected chi connectivity index (χ2v) is 4.68. The monoisotopic (exact) mass is 208 g/mol. The molecule has 0 spiro atoms. The molecule has 0 atom stereocenters. The highest BCUT2D eigenvalue weighted by atomic mass is 16.3. The van der Waals surface area contributed by atoms with Crippen molar-refractivity contribution in [2.24, 2.45) is 0 Å². The minimum Gasteiger partial charge on any atom is -0.397 e. The summed E-state index contributed by atoms with van der Waals surface area (Å²) in [6.45, 7) is 6.16.